The molecule has 0 aliphatic rings. The quantitative estimate of drug-likeness (QED) is 0.128. The Morgan fingerprint density at radius 3 is 0.875 bits per heavy atom. The average Bonchev–Trinajstić information content (AvgIpc) is 3.49. The van der Waals surface area contributed by atoms with Crippen LogP contribution in [0.3, 0.4) is 0 Å². The van der Waals surface area contributed by atoms with Crippen LogP contribution in [0.4, 0.5) is 0 Å². The van der Waals surface area contributed by atoms with E-state index in [1.807, 2.05) is 0 Å². The second-order valence-corrected chi connectivity index (χ2v) is 22.0. The molecule has 0 N–H and O–H groups in total. The molecule has 0 saturated carbocycles. The van der Waals surface area contributed by atoms with E-state index >= 15 is 0 Å². The van der Waals surface area contributed by atoms with Crippen molar-refractivity contribution in [3.8, 4) is 111 Å². The molecule has 0 aliphatic heterocycles. The lowest BCUT2D eigenvalue weighted by molar-refractivity contribution is 1.34. The van der Waals surface area contributed by atoms with Crippen LogP contribution in [0.25, 0.3) is 111 Å². The molecule has 388 valence electrons. The fourth-order valence-electron chi connectivity index (χ4n) is 11.0. The van der Waals surface area contributed by atoms with Crippen LogP contribution in [0.2, 0.25) is 0 Å². The van der Waals surface area contributed by atoms with Gasteiger partial charge in [-0.25, -0.2) is 0 Å². The molecule has 0 heteroatoms. The third-order valence-electron chi connectivity index (χ3n) is 15.7. The van der Waals surface area contributed by atoms with Gasteiger partial charge in [-0.2, -0.15) is 0 Å². The summed E-state index contributed by atoms with van der Waals surface area (Å²) in [4.78, 5) is 0. The van der Waals surface area contributed by atoms with Gasteiger partial charge in [0, 0.05) is 0 Å². The minimum atomic E-state index is 1.21. The summed E-state index contributed by atoms with van der Waals surface area (Å²) in [5.74, 6) is 0. The molecule has 0 amide bonds. The predicted molar refractivity (Wildman–Crippen MR) is 345 cm³/mol. The van der Waals surface area contributed by atoms with Gasteiger partial charge in [0.05, 0.1) is 0 Å². The van der Waals surface area contributed by atoms with Gasteiger partial charge in [0.2, 0.25) is 0 Å². The highest BCUT2D eigenvalue weighted by Crippen LogP contribution is 2.40. The lowest BCUT2D eigenvalue weighted by atomic mass is 9.88. The molecule has 0 aromatic heterocycles. The summed E-state index contributed by atoms with van der Waals surface area (Å²) in [6.07, 6.45) is 0. The second kappa shape index (κ2) is 23.3. The number of hydrogen-bond donors (Lipinski definition) is 0. The first-order valence-electron chi connectivity index (χ1n) is 28.0. The topological polar surface area (TPSA) is 0 Å². The molecule has 0 saturated heterocycles. The summed E-state index contributed by atoms with van der Waals surface area (Å²) in [7, 11) is 0. The molecule has 12 rings (SSSR count). The Morgan fingerprint density at radius 2 is 0.425 bits per heavy atom. The van der Waals surface area contributed by atoms with Crippen molar-refractivity contribution in [2.45, 2.75) is 55.4 Å². The van der Waals surface area contributed by atoms with Crippen LogP contribution < -0.4 is 0 Å². The Labute approximate surface area is 475 Å². The van der Waals surface area contributed by atoms with E-state index in [4.69, 9.17) is 0 Å². The first kappa shape index (κ1) is 52.7. The maximum atomic E-state index is 2.35. The van der Waals surface area contributed by atoms with Crippen molar-refractivity contribution >= 4 is 0 Å². The maximum Gasteiger partial charge on any atom is -0.0102 e. The van der Waals surface area contributed by atoms with Crippen LogP contribution in [0.1, 0.15) is 44.5 Å². The van der Waals surface area contributed by atoms with Crippen LogP contribution in [0.15, 0.2) is 267 Å². The molecule has 0 spiro atoms. The molecule has 0 atom stereocenters. The van der Waals surface area contributed by atoms with Crippen molar-refractivity contribution < 1.29 is 0 Å². The molecule has 0 radical (unpaired) electrons. The van der Waals surface area contributed by atoms with Crippen molar-refractivity contribution in [3.05, 3.63) is 311 Å². The fraction of sp³-hybridized carbons (Fsp3) is 0.100. The van der Waals surface area contributed by atoms with Gasteiger partial charge >= 0.3 is 0 Å². The zero-order valence-electron chi connectivity index (χ0n) is 47.4. The van der Waals surface area contributed by atoms with Gasteiger partial charge in [-0.15, -0.1) is 0 Å². The Bertz CT molecular complexity index is 4130. The molecule has 12 aromatic rings. The van der Waals surface area contributed by atoms with Gasteiger partial charge in [0.25, 0.3) is 0 Å². The van der Waals surface area contributed by atoms with Crippen molar-refractivity contribution in [1.29, 1.82) is 0 Å². The summed E-state index contributed by atoms with van der Waals surface area (Å²) in [5.41, 5.74) is 35.2. The Kier molecular flexibility index (Phi) is 15.4. The Hall–Kier alpha value is -9.36. The van der Waals surface area contributed by atoms with Gasteiger partial charge in [-0.1, -0.05) is 241 Å². The molecule has 80 heavy (non-hydrogen) atoms. The summed E-state index contributed by atoms with van der Waals surface area (Å²) < 4.78 is 0. The maximum absolute atomic E-state index is 2.35. The molecular formula is C80H68. The highest BCUT2D eigenvalue weighted by atomic mass is 14.2. The van der Waals surface area contributed by atoms with E-state index in [-0.39, 0.29) is 0 Å². The van der Waals surface area contributed by atoms with Crippen molar-refractivity contribution in [1.82, 2.24) is 0 Å². The molecule has 0 aliphatic carbocycles. The molecule has 0 fully saturated rings. The fourth-order valence-corrected chi connectivity index (χ4v) is 11.0. The number of benzene rings is 12. The van der Waals surface area contributed by atoms with E-state index in [0.29, 0.717) is 0 Å². The summed E-state index contributed by atoms with van der Waals surface area (Å²) >= 11 is 0. The highest BCUT2D eigenvalue weighted by Gasteiger charge is 2.15. The van der Waals surface area contributed by atoms with Crippen molar-refractivity contribution in [2.24, 2.45) is 0 Å². The van der Waals surface area contributed by atoms with Crippen molar-refractivity contribution in [2.75, 3.05) is 0 Å². The zero-order chi connectivity index (χ0) is 55.3. The zero-order valence-corrected chi connectivity index (χ0v) is 47.4. The van der Waals surface area contributed by atoms with Gasteiger partial charge in [0.15, 0.2) is 0 Å². The molecular weight excluding hydrogens is 961 g/mol. The average molecular weight is 1030 g/mol. The molecule has 12 aromatic carbocycles. The smallest absolute Gasteiger partial charge is 0.0102 e. The highest BCUT2D eigenvalue weighted by molar-refractivity contribution is 5.89. The van der Waals surface area contributed by atoms with E-state index in [2.05, 4.69) is 322 Å². The van der Waals surface area contributed by atoms with E-state index in [1.54, 1.807) is 0 Å². The molecule has 0 heterocycles. The number of rotatable bonds is 10. The van der Waals surface area contributed by atoms with Gasteiger partial charge in [0.1, 0.15) is 0 Å². The third kappa shape index (κ3) is 12.0. The Balaban J connectivity index is 0.000000174. The van der Waals surface area contributed by atoms with Gasteiger partial charge in [-0.05, 0) is 237 Å². The summed E-state index contributed by atoms with van der Waals surface area (Å²) in [6.45, 7) is 17.4. The van der Waals surface area contributed by atoms with Crippen LogP contribution >= 0.6 is 0 Å². The summed E-state index contributed by atoms with van der Waals surface area (Å²) in [6, 6.07) is 98.1. The molecule has 0 unspecified atom stereocenters. The second-order valence-electron chi connectivity index (χ2n) is 22.0. The lowest BCUT2D eigenvalue weighted by Gasteiger charge is -2.16. The van der Waals surface area contributed by atoms with Crippen molar-refractivity contribution in [3.63, 3.8) is 0 Å². The largest absolute Gasteiger partial charge is 0.0622 e. The van der Waals surface area contributed by atoms with E-state index in [1.165, 1.54) is 156 Å². The SMILES string of the molecule is Cc1ccc(-c2cccc(-c3cc(C)c(C)cc3-c3cccc(-c4cc(C)cc(C)c4)c3)c2)cc1.Cc1cccc(-c2cc(-c3ccccc3)cc(-c3ccc(-c4cc(-c5ccccc5)cc(-c5ccc(C)c(C)c5)c4)cc3)c2)c1. The normalized spacial score (nSPS) is 11.0. The first-order chi connectivity index (χ1) is 38.9. The lowest BCUT2D eigenvalue weighted by Crippen LogP contribution is -1.92. The molecule has 0 bridgehead atoms. The predicted octanol–water partition coefficient (Wildman–Crippen LogP) is 22.5. The van der Waals surface area contributed by atoms with Gasteiger partial charge in [-0.3, -0.25) is 0 Å². The minimum Gasteiger partial charge on any atom is -0.0622 e. The Morgan fingerprint density at radius 1 is 0.138 bits per heavy atom. The standard InChI is InChI=1S/C45H36.C35H32/c1-31-11-10-16-38(23-31)44-27-40(34-12-6-4-7-13-34)25-42(29-44)36-19-21-37(22-20-36)43-26-41(35-14-8-5-9-15-35)28-45(30-43)39-18-17-32(2)33(3)24-39;1-23-12-14-28(15-13-23)29-8-6-10-31(21-29)34-19-26(4)27(5)20-35(34)32-11-7-9-30(22-32)33-17-24(2)16-25(3)18-33/h4-30H,1-3H3;6-22H,1-5H3. The van der Waals surface area contributed by atoms with E-state index in [9.17, 15) is 0 Å². The van der Waals surface area contributed by atoms with E-state index < -0.39 is 0 Å². The van der Waals surface area contributed by atoms with Crippen LogP contribution in [-0.2, 0) is 0 Å². The van der Waals surface area contributed by atoms with Crippen LogP contribution in [0, 0.1) is 55.4 Å². The minimum absolute atomic E-state index is 1.21. The first-order valence-corrected chi connectivity index (χ1v) is 28.0. The molecule has 0 nitrogen and oxygen atoms in total. The van der Waals surface area contributed by atoms with Crippen LogP contribution in [-0.4, -0.2) is 0 Å². The number of hydrogen-bond acceptors (Lipinski definition) is 0. The van der Waals surface area contributed by atoms with Crippen LogP contribution in [0.5, 0.6) is 0 Å². The number of aryl methyl sites for hydroxylation is 8. The summed E-state index contributed by atoms with van der Waals surface area (Å²) in [5, 5.41) is 0. The van der Waals surface area contributed by atoms with Gasteiger partial charge < -0.3 is 0 Å². The third-order valence-corrected chi connectivity index (χ3v) is 15.7. The van der Waals surface area contributed by atoms with E-state index in [0.717, 1.165) is 0 Å². The monoisotopic (exact) mass is 1030 g/mol.